The van der Waals surface area contributed by atoms with E-state index in [1.54, 1.807) is 6.07 Å². The molecule has 0 aromatic heterocycles. The van der Waals surface area contributed by atoms with Gasteiger partial charge in [-0.05, 0) is 24.3 Å². The standard InChI is InChI=1S/C15H24FNO/c1-4-14(12-7-5-6-8-13(12)16)17-11-15(2,3)9-10-18/h5-8,14,17-18H,4,9-11H2,1-3H3. The molecule has 0 aliphatic heterocycles. The summed E-state index contributed by atoms with van der Waals surface area (Å²) in [5, 5.41) is 12.4. The molecule has 0 heterocycles. The molecule has 0 aliphatic carbocycles. The fraction of sp³-hybridized carbons (Fsp3) is 0.600. The van der Waals surface area contributed by atoms with E-state index in [1.165, 1.54) is 6.07 Å². The minimum Gasteiger partial charge on any atom is -0.396 e. The lowest BCUT2D eigenvalue weighted by molar-refractivity contribution is 0.202. The Bertz CT molecular complexity index is 365. The molecular weight excluding hydrogens is 229 g/mol. The van der Waals surface area contributed by atoms with Crippen molar-refractivity contribution in [3.8, 4) is 0 Å². The van der Waals surface area contributed by atoms with Gasteiger partial charge >= 0.3 is 0 Å². The average molecular weight is 253 g/mol. The third-order valence-corrected chi connectivity index (χ3v) is 3.30. The van der Waals surface area contributed by atoms with Crippen molar-refractivity contribution < 1.29 is 9.50 Å². The number of halogens is 1. The van der Waals surface area contributed by atoms with Gasteiger partial charge < -0.3 is 10.4 Å². The van der Waals surface area contributed by atoms with Crippen LogP contribution in [0.1, 0.15) is 45.2 Å². The molecule has 2 N–H and O–H groups in total. The Labute approximate surface area is 109 Å². The van der Waals surface area contributed by atoms with Crippen LogP contribution in [0.25, 0.3) is 0 Å². The third kappa shape index (κ3) is 4.39. The zero-order valence-corrected chi connectivity index (χ0v) is 11.5. The largest absolute Gasteiger partial charge is 0.396 e. The highest BCUT2D eigenvalue weighted by Gasteiger charge is 2.20. The van der Waals surface area contributed by atoms with Crippen LogP contribution >= 0.6 is 0 Å². The molecule has 0 saturated heterocycles. The Morgan fingerprint density at radius 3 is 2.56 bits per heavy atom. The molecule has 0 saturated carbocycles. The molecule has 1 aromatic rings. The Hall–Kier alpha value is -0.930. The minimum atomic E-state index is -0.156. The van der Waals surface area contributed by atoms with Crippen molar-refractivity contribution in [2.24, 2.45) is 5.41 Å². The van der Waals surface area contributed by atoms with E-state index in [0.29, 0.717) is 0 Å². The Kier molecular flexibility index (Phi) is 5.76. The zero-order valence-electron chi connectivity index (χ0n) is 11.5. The van der Waals surface area contributed by atoms with Crippen LogP contribution in [-0.2, 0) is 0 Å². The van der Waals surface area contributed by atoms with Crippen LogP contribution in [0.5, 0.6) is 0 Å². The van der Waals surface area contributed by atoms with Gasteiger partial charge in [0, 0.05) is 24.8 Å². The quantitative estimate of drug-likeness (QED) is 0.781. The molecule has 3 heteroatoms. The van der Waals surface area contributed by atoms with Crippen LogP contribution in [0.4, 0.5) is 4.39 Å². The normalized spacial score (nSPS) is 13.6. The predicted octanol–water partition coefficient (Wildman–Crippen LogP) is 3.28. The summed E-state index contributed by atoms with van der Waals surface area (Å²) in [6, 6.07) is 6.93. The summed E-state index contributed by atoms with van der Waals surface area (Å²) in [5.74, 6) is -0.156. The number of benzene rings is 1. The molecule has 0 spiro atoms. The van der Waals surface area contributed by atoms with Crippen molar-refractivity contribution in [2.75, 3.05) is 13.2 Å². The van der Waals surface area contributed by atoms with Crippen molar-refractivity contribution in [3.05, 3.63) is 35.6 Å². The second-order valence-corrected chi connectivity index (χ2v) is 5.50. The molecule has 0 radical (unpaired) electrons. The molecule has 0 aliphatic rings. The highest BCUT2D eigenvalue weighted by Crippen LogP contribution is 2.23. The molecule has 0 bridgehead atoms. The van der Waals surface area contributed by atoms with E-state index in [1.807, 2.05) is 19.1 Å². The molecule has 0 amide bonds. The predicted molar refractivity (Wildman–Crippen MR) is 72.9 cm³/mol. The second kappa shape index (κ2) is 6.86. The number of rotatable bonds is 7. The first-order valence-corrected chi connectivity index (χ1v) is 6.59. The number of aliphatic hydroxyl groups excluding tert-OH is 1. The van der Waals surface area contributed by atoms with Gasteiger partial charge in [-0.3, -0.25) is 0 Å². The third-order valence-electron chi connectivity index (χ3n) is 3.30. The molecule has 102 valence electrons. The van der Waals surface area contributed by atoms with Gasteiger partial charge in [-0.15, -0.1) is 0 Å². The number of nitrogens with one attached hydrogen (secondary N) is 1. The van der Waals surface area contributed by atoms with E-state index in [4.69, 9.17) is 5.11 Å². The molecule has 1 rings (SSSR count). The molecule has 18 heavy (non-hydrogen) atoms. The van der Waals surface area contributed by atoms with Gasteiger partial charge in [0.15, 0.2) is 0 Å². The first kappa shape index (κ1) is 15.1. The van der Waals surface area contributed by atoms with E-state index in [9.17, 15) is 4.39 Å². The molecule has 1 unspecified atom stereocenters. The van der Waals surface area contributed by atoms with Gasteiger partial charge in [0.2, 0.25) is 0 Å². The van der Waals surface area contributed by atoms with Gasteiger partial charge in [0.1, 0.15) is 5.82 Å². The summed E-state index contributed by atoms with van der Waals surface area (Å²) in [6.07, 6.45) is 1.59. The van der Waals surface area contributed by atoms with Gasteiger partial charge in [-0.1, -0.05) is 39.0 Å². The van der Waals surface area contributed by atoms with E-state index in [0.717, 1.165) is 24.9 Å². The van der Waals surface area contributed by atoms with Gasteiger partial charge in [0.25, 0.3) is 0 Å². The van der Waals surface area contributed by atoms with Crippen LogP contribution in [0.3, 0.4) is 0 Å². The lowest BCUT2D eigenvalue weighted by atomic mass is 9.89. The molecule has 1 aromatic carbocycles. The Balaban J connectivity index is 2.66. The fourth-order valence-electron chi connectivity index (χ4n) is 2.02. The Morgan fingerprint density at radius 2 is 2.00 bits per heavy atom. The van der Waals surface area contributed by atoms with E-state index in [2.05, 4.69) is 19.2 Å². The van der Waals surface area contributed by atoms with Crippen LogP contribution in [0, 0.1) is 11.2 Å². The van der Waals surface area contributed by atoms with Crippen LogP contribution in [0.15, 0.2) is 24.3 Å². The van der Waals surface area contributed by atoms with Crippen molar-refractivity contribution in [2.45, 2.75) is 39.7 Å². The maximum absolute atomic E-state index is 13.7. The maximum Gasteiger partial charge on any atom is 0.127 e. The van der Waals surface area contributed by atoms with Gasteiger partial charge in [-0.2, -0.15) is 0 Å². The SMILES string of the molecule is CCC(NCC(C)(C)CCO)c1ccccc1F. The second-order valence-electron chi connectivity index (χ2n) is 5.50. The molecule has 0 fully saturated rings. The van der Waals surface area contributed by atoms with Crippen molar-refractivity contribution in [3.63, 3.8) is 0 Å². The van der Waals surface area contributed by atoms with E-state index < -0.39 is 0 Å². The summed E-state index contributed by atoms with van der Waals surface area (Å²) >= 11 is 0. The van der Waals surface area contributed by atoms with E-state index in [-0.39, 0.29) is 23.9 Å². The molecule has 1 atom stereocenters. The van der Waals surface area contributed by atoms with E-state index >= 15 is 0 Å². The van der Waals surface area contributed by atoms with Crippen LogP contribution in [-0.4, -0.2) is 18.3 Å². The molecule has 2 nitrogen and oxygen atoms in total. The lowest BCUT2D eigenvalue weighted by Gasteiger charge is -2.27. The summed E-state index contributed by atoms with van der Waals surface area (Å²) < 4.78 is 13.7. The topological polar surface area (TPSA) is 32.3 Å². The summed E-state index contributed by atoms with van der Waals surface area (Å²) in [4.78, 5) is 0. The monoisotopic (exact) mass is 253 g/mol. The van der Waals surface area contributed by atoms with Crippen LogP contribution < -0.4 is 5.32 Å². The van der Waals surface area contributed by atoms with Crippen LogP contribution in [0.2, 0.25) is 0 Å². The lowest BCUT2D eigenvalue weighted by Crippen LogP contribution is -2.33. The van der Waals surface area contributed by atoms with Crippen molar-refractivity contribution in [1.29, 1.82) is 0 Å². The first-order chi connectivity index (χ1) is 8.50. The molecular formula is C15H24FNO. The van der Waals surface area contributed by atoms with Gasteiger partial charge in [-0.25, -0.2) is 4.39 Å². The number of hydrogen-bond acceptors (Lipinski definition) is 2. The summed E-state index contributed by atoms with van der Waals surface area (Å²) in [6.45, 7) is 7.20. The summed E-state index contributed by atoms with van der Waals surface area (Å²) in [7, 11) is 0. The maximum atomic E-state index is 13.7. The zero-order chi connectivity index (χ0) is 13.6. The summed E-state index contributed by atoms with van der Waals surface area (Å²) in [5.41, 5.74) is 0.743. The van der Waals surface area contributed by atoms with Crippen molar-refractivity contribution in [1.82, 2.24) is 5.32 Å². The fourth-order valence-corrected chi connectivity index (χ4v) is 2.02. The number of hydrogen-bond donors (Lipinski definition) is 2. The highest BCUT2D eigenvalue weighted by molar-refractivity contribution is 5.21. The average Bonchev–Trinajstić information content (AvgIpc) is 2.32. The Morgan fingerprint density at radius 1 is 1.33 bits per heavy atom. The first-order valence-electron chi connectivity index (χ1n) is 6.59. The highest BCUT2D eigenvalue weighted by atomic mass is 19.1. The number of aliphatic hydroxyl groups is 1. The van der Waals surface area contributed by atoms with Gasteiger partial charge in [0.05, 0.1) is 0 Å². The minimum absolute atomic E-state index is 0.0213. The van der Waals surface area contributed by atoms with Crippen molar-refractivity contribution >= 4 is 0 Å². The smallest absolute Gasteiger partial charge is 0.127 e.